The van der Waals surface area contributed by atoms with Crippen molar-refractivity contribution in [1.82, 2.24) is 4.90 Å². The molecule has 6 rings (SSSR count). The molecule has 0 aromatic heterocycles. The van der Waals surface area contributed by atoms with E-state index < -0.39 is 11.4 Å². The van der Waals surface area contributed by atoms with Crippen LogP contribution >= 0.6 is 0 Å². The molecule has 0 unspecified atom stereocenters. The van der Waals surface area contributed by atoms with Crippen LogP contribution in [0.5, 0.6) is 0 Å². The van der Waals surface area contributed by atoms with E-state index >= 15 is 0 Å². The highest BCUT2D eigenvalue weighted by molar-refractivity contribution is 5.81. The van der Waals surface area contributed by atoms with E-state index in [1.54, 1.807) is 13.8 Å². The van der Waals surface area contributed by atoms with Crippen molar-refractivity contribution in [3.05, 3.63) is 12.2 Å². The van der Waals surface area contributed by atoms with Gasteiger partial charge in [0.2, 0.25) is 0 Å². The number of carboxylic acid groups (broad SMARTS) is 1. The molecule has 6 aliphatic rings. The SMILES string of the molecule is C=C(C)[C@@H]1CC[C@]2(CCN3CCCCC3)CC[C@]3(C)[C@H](CC[C@@H]4[C@@]5(C)CC[C@H](OC(=O)CC(C)(C)C(=O)O)C(C)(C)[C@@H]5CC[C@]43C)[C@@H]12. The highest BCUT2D eigenvalue weighted by Crippen LogP contribution is 2.78. The molecule has 0 bridgehead atoms. The number of aliphatic carboxylic acids is 1. The fraction of sp³-hybridized carbons (Fsp3) is 0.905. The number of carboxylic acids is 1. The Kier molecular flexibility index (Phi) is 9.17. The number of ether oxygens (including phenoxy) is 1. The molecule has 5 saturated carbocycles. The van der Waals surface area contributed by atoms with Gasteiger partial charge < -0.3 is 14.7 Å². The van der Waals surface area contributed by atoms with Crippen LogP contribution in [0.4, 0.5) is 0 Å². The quantitative estimate of drug-likeness (QED) is 0.209. The lowest BCUT2D eigenvalue weighted by Crippen LogP contribution is -2.66. The van der Waals surface area contributed by atoms with E-state index in [9.17, 15) is 14.7 Å². The van der Waals surface area contributed by atoms with E-state index in [-0.39, 0.29) is 29.3 Å². The fourth-order valence-corrected chi connectivity index (χ4v) is 14.1. The second-order valence-corrected chi connectivity index (χ2v) is 19.9. The lowest BCUT2D eigenvalue weighted by Gasteiger charge is -2.73. The summed E-state index contributed by atoms with van der Waals surface area (Å²) in [5.74, 6) is 2.12. The number of carbonyl (C=O) groups excluding carboxylic acids is 1. The van der Waals surface area contributed by atoms with Gasteiger partial charge in [0.25, 0.3) is 0 Å². The van der Waals surface area contributed by atoms with E-state index in [1.165, 1.54) is 102 Å². The number of hydrogen-bond donors (Lipinski definition) is 1. The highest BCUT2D eigenvalue weighted by Gasteiger charge is 2.71. The van der Waals surface area contributed by atoms with Crippen LogP contribution < -0.4 is 0 Å². The van der Waals surface area contributed by atoms with Crippen molar-refractivity contribution in [3.8, 4) is 0 Å². The van der Waals surface area contributed by atoms with Gasteiger partial charge in [0.05, 0.1) is 11.8 Å². The summed E-state index contributed by atoms with van der Waals surface area (Å²) in [6.07, 6.45) is 18.0. The maximum atomic E-state index is 13.1. The lowest BCUT2D eigenvalue weighted by molar-refractivity contribution is -0.250. The van der Waals surface area contributed by atoms with Gasteiger partial charge in [0.1, 0.15) is 6.10 Å². The average molecular weight is 652 g/mol. The van der Waals surface area contributed by atoms with Crippen LogP contribution in [0.1, 0.15) is 152 Å². The smallest absolute Gasteiger partial charge is 0.309 e. The second-order valence-electron chi connectivity index (χ2n) is 19.9. The topological polar surface area (TPSA) is 66.8 Å². The minimum atomic E-state index is -1.11. The minimum absolute atomic E-state index is 0.0802. The molecule has 1 aliphatic heterocycles. The van der Waals surface area contributed by atoms with Gasteiger partial charge in [-0.2, -0.15) is 0 Å². The number of fused-ring (bicyclic) bond motifs is 7. The normalized spacial score (nSPS) is 44.8. The number of allylic oxidation sites excluding steroid dienone is 1. The van der Waals surface area contributed by atoms with E-state index in [0.717, 1.165) is 24.7 Å². The number of likely N-dealkylation sites (tertiary alicyclic amines) is 1. The van der Waals surface area contributed by atoms with Crippen molar-refractivity contribution >= 4 is 11.9 Å². The molecule has 5 aliphatic carbocycles. The van der Waals surface area contributed by atoms with Crippen LogP contribution in [0.3, 0.4) is 0 Å². The van der Waals surface area contributed by atoms with E-state index in [0.29, 0.717) is 34.0 Å². The lowest BCUT2D eigenvalue weighted by atomic mass is 9.32. The van der Waals surface area contributed by atoms with Crippen molar-refractivity contribution < 1.29 is 19.4 Å². The molecule has 1 N–H and O–H groups in total. The molecule has 0 amide bonds. The molecule has 1 heterocycles. The molecular weight excluding hydrogens is 582 g/mol. The third kappa shape index (κ3) is 5.58. The zero-order chi connectivity index (χ0) is 34.2. The van der Waals surface area contributed by atoms with Crippen LogP contribution in [0.25, 0.3) is 0 Å². The summed E-state index contributed by atoms with van der Waals surface area (Å²) in [4.78, 5) is 27.6. The maximum absolute atomic E-state index is 13.1. The Morgan fingerprint density at radius 2 is 1.55 bits per heavy atom. The molecule has 10 atom stereocenters. The molecule has 0 aromatic carbocycles. The van der Waals surface area contributed by atoms with Crippen LogP contribution in [0.15, 0.2) is 12.2 Å². The Balaban J connectivity index is 1.23. The zero-order valence-electron chi connectivity index (χ0n) is 31.5. The molecule has 1 saturated heterocycles. The third-order valence-electron chi connectivity index (χ3n) is 17.0. The number of piperidine rings is 1. The standard InChI is InChI=1S/C42H69NO4/c1-28(2)29-15-20-42(23-26-43-24-11-10-12-25-43)22-21-40(8)30(35(29)42)13-14-32-39(7)18-17-33(47-34(44)27-37(3,4)36(45)46)38(5,6)31(39)16-19-41(32,40)9/h29-33,35H,1,10-27H2,2-9H3,(H,45,46)/t29-,30+,31-,32+,33-,35+,39-,40+,41+,42+/m0/s1. The molecule has 266 valence electrons. The summed E-state index contributed by atoms with van der Waals surface area (Å²) in [7, 11) is 0. The molecule has 0 aromatic rings. The van der Waals surface area contributed by atoms with Crippen molar-refractivity contribution in [2.45, 2.75) is 158 Å². The van der Waals surface area contributed by atoms with Gasteiger partial charge in [0, 0.05) is 5.41 Å². The van der Waals surface area contributed by atoms with Crippen molar-refractivity contribution in [2.75, 3.05) is 19.6 Å². The Bertz CT molecular complexity index is 1230. The summed E-state index contributed by atoms with van der Waals surface area (Å²) in [6.45, 7) is 26.9. The summed E-state index contributed by atoms with van der Waals surface area (Å²) in [6, 6.07) is 0. The zero-order valence-corrected chi connectivity index (χ0v) is 31.5. The van der Waals surface area contributed by atoms with E-state index in [1.807, 2.05) is 0 Å². The molecule has 6 fully saturated rings. The number of rotatable bonds is 8. The predicted molar refractivity (Wildman–Crippen MR) is 190 cm³/mol. The number of hydrogen-bond acceptors (Lipinski definition) is 4. The molecule has 5 heteroatoms. The van der Waals surface area contributed by atoms with Gasteiger partial charge in [-0.15, -0.1) is 0 Å². The van der Waals surface area contributed by atoms with Crippen molar-refractivity contribution in [2.24, 2.45) is 62.1 Å². The van der Waals surface area contributed by atoms with Crippen molar-refractivity contribution in [3.63, 3.8) is 0 Å². The summed E-state index contributed by atoms with van der Waals surface area (Å²) < 4.78 is 6.20. The molecule has 0 spiro atoms. The number of esters is 1. The monoisotopic (exact) mass is 652 g/mol. The van der Waals surface area contributed by atoms with Gasteiger partial charge in [-0.1, -0.05) is 53.2 Å². The Morgan fingerprint density at radius 3 is 2.21 bits per heavy atom. The molecule has 47 heavy (non-hydrogen) atoms. The number of carbonyl (C=O) groups is 2. The maximum Gasteiger partial charge on any atom is 0.309 e. The van der Waals surface area contributed by atoms with Gasteiger partial charge in [-0.25, -0.2) is 0 Å². The Labute approximate surface area is 287 Å². The first-order valence-electron chi connectivity index (χ1n) is 19.7. The summed E-state index contributed by atoms with van der Waals surface area (Å²) in [5.41, 5.74) is 1.57. The molecule has 5 nitrogen and oxygen atoms in total. The van der Waals surface area contributed by atoms with Crippen LogP contribution in [0, 0.1) is 62.1 Å². The number of nitrogens with zero attached hydrogens (tertiary/aromatic N) is 1. The van der Waals surface area contributed by atoms with E-state index in [4.69, 9.17) is 4.74 Å². The molecular formula is C42H69NO4. The summed E-state index contributed by atoms with van der Waals surface area (Å²) in [5, 5.41) is 9.60. The predicted octanol–water partition coefficient (Wildman–Crippen LogP) is 9.93. The highest BCUT2D eigenvalue weighted by atomic mass is 16.5. The Hall–Kier alpha value is -1.36. The van der Waals surface area contributed by atoms with Crippen molar-refractivity contribution in [1.29, 1.82) is 0 Å². The first kappa shape index (κ1) is 35.5. The van der Waals surface area contributed by atoms with Crippen LogP contribution in [-0.4, -0.2) is 47.7 Å². The largest absolute Gasteiger partial charge is 0.481 e. The minimum Gasteiger partial charge on any atom is -0.481 e. The second kappa shape index (κ2) is 12.2. The first-order valence-corrected chi connectivity index (χ1v) is 19.7. The van der Waals surface area contributed by atoms with Gasteiger partial charge in [-0.05, 0) is 175 Å². The third-order valence-corrected chi connectivity index (χ3v) is 17.0. The molecule has 0 radical (unpaired) electrons. The summed E-state index contributed by atoms with van der Waals surface area (Å²) >= 11 is 0. The van der Waals surface area contributed by atoms with Gasteiger partial charge in [0.15, 0.2) is 0 Å². The Morgan fingerprint density at radius 1 is 0.851 bits per heavy atom. The average Bonchev–Trinajstić information content (AvgIpc) is 3.38. The van der Waals surface area contributed by atoms with Gasteiger partial charge >= 0.3 is 11.9 Å². The van der Waals surface area contributed by atoms with E-state index in [2.05, 4.69) is 53.0 Å². The van der Waals surface area contributed by atoms with Crippen LogP contribution in [-0.2, 0) is 14.3 Å². The van der Waals surface area contributed by atoms with Gasteiger partial charge in [-0.3, -0.25) is 9.59 Å². The van der Waals surface area contributed by atoms with Crippen LogP contribution in [0.2, 0.25) is 0 Å². The first-order chi connectivity index (χ1) is 21.9. The fourth-order valence-electron chi connectivity index (χ4n) is 14.1.